The zero-order valence-corrected chi connectivity index (χ0v) is 20.3. The number of ether oxygens (including phenoxy) is 1. The predicted molar refractivity (Wildman–Crippen MR) is 124 cm³/mol. The molecule has 3 heterocycles. The van der Waals surface area contributed by atoms with Gasteiger partial charge in [-0.2, -0.15) is 0 Å². The zero-order valence-electron chi connectivity index (χ0n) is 17.9. The second-order valence-electron chi connectivity index (χ2n) is 9.17. The van der Waals surface area contributed by atoms with Crippen molar-refractivity contribution in [2.45, 2.75) is 42.7 Å². The van der Waals surface area contributed by atoms with Crippen molar-refractivity contribution in [2.24, 2.45) is 18.9 Å². The minimum atomic E-state index is 0.399. The standard InChI is InChI=1S/C23H31BrN4OS/c1-16-20-14-28(15-23(16,20)18-4-6-19(24)7-5-18)10-3-13-30-22-26-25-21(27(22)2)17-8-11-29-12-9-17/h4-7,16-17,20H,3,8-15H2,1-2H3/t16-,20+,23-/m0/s1. The number of nitrogens with zero attached hydrogens (tertiary/aromatic N) is 4. The Hall–Kier alpha value is -0.890. The highest BCUT2D eigenvalue weighted by atomic mass is 79.9. The molecule has 0 N–H and O–H groups in total. The fourth-order valence-electron chi connectivity index (χ4n) is 5.73. The molecule has 0 unspecified atom stereocenters. The maximum Gasteiger partial charge on any atom is 0.190 e. The lowest BCUT2D eigenvalue weighted by Gasteiger charge is -2.23. The molecule has 0 bridgehead atoms. The van der Waals surface area contributed by atoms with Gasteiger partial charge in [-0.05, 0) is 55.3 Å². The lowest BCUT2D eigenvalue weighted by atomic mass is 9.93. The van der Waals surface area contributed by atoms with E-state index in [4.69, 9.17) is 4.74 Å². The van der Waals surface area contributed by atoms with E-state index in [1.807, 2.05) is 11.8 Å². The zero-order chi connectivity index (χ0) is 20.7. The Bertz CT molecular complexity index is 882. The number of halogens is 1. The number of thioether (sulfide) groups is 1. The SMILES string of the molecule is C[C@H]1[C@H]2CN(CCCSc3nnc(C4CCOCC4)n3C)C[C@]21c1ccc(Br)cc1. The highest BCUT2D eigenvalue weighted by Crippen LogP contribution is 2.63. The van der Waals surface area contributed by atoms with Crippen LogP contribution in [0.5, 0.6) is 0 Å². The van der Waals surface area contributed by atoms with E-state index in [1.54, 1.807) is 0 Å². The minimum Gasteiger partial charge on any atom is -0.381 e. The number of hydrogen-bond acceptors (Lipinski definition) is 5. The molecule has 1 aliphatic carbocycles. The Balaban J connectivity index is 1.11. The molecule has 7 heteroatoms. The highest BCUT2D eigenvalue weighted by molar-refractivity contribution is 9.10. The fourth-order valence-corrected chi connectivity index (χ4v) is 6.84. The van der Waals surface area contributed by atoms with Crippen LogP contribution in [0.15, 0.2) is 33.9 Å². The minimum absolute atomic E-state index is 0.399. The third kappa shape index (κ3) is 3.76. The van der Waals surface area contributed by atoms with E-state index in [0.717, 1.165) is 54.6 Å². The molecular weight excluding hydrogens is 460 g/mol. The molecule has 3 atom stereocenters. The van der Waals surface area contributed by atoms with Gasteiger partial charge in [-0.15, -0.1) is 10.2 Å². The van der Waals surface area contributed by atoms with Gasteiger partial charge in [0.25, 0.3) is 0 Å². The van der Waals surface area contributed by atoms with Crippen molar-refractivity contribution in [1.29, 1.82) is 0 Å². The Kier molecular flexibility index (Phi) is 5.99. The molecule has 30 heavy (non-hydrogen) atoms. The molecule has 0 radical (unpaired) electrons. The highest BCUT2D eigenvalue weighted by Gasteiger charge is 2.66. The fraction of sp³-hybridized carbons (Fsp3) is 0.652. The molecule has 0 spiro atoms. The molecule has 162 valence electrons. The van der Waals surface area contributed by atoms with Gasteiger partial charge in [0.2, 0.25) is 0 Å². The van der Waals surface area contributed by atoms with Gasteiger partial charge in [0, 0.05) is 54.9 Å². The first kappa shape index (κ1) is 21.0. The van der Waals surface area contributed by atoms with Crippen LogP contribution >= 0.6 is 27.7 Å². The summed E-state index contributed by atoms with van der Waals surface area (Å²) < 4.78 is 8.86. The van der Waals surface area contributed by atoms with Gasteiger partial charge in [0.15, 0.2) is 5.16 Å². The second-order valence-corrected chi connectivity index (χ2v) is 11.1. The van der Waals surface area contributed by atoms with Crippen molar-refractivity contribution in [2.75, 3.05) is 38.6 Å². The van der Waals surface area contributed by atoms with E-state index in [1.165, 1.54) is 36.1 Å². The molecule has 3 fully saturated rings. The van der Waals surface area contributed by atoms with E-state index in [2.05, 4.69) is 73.8 Å². The topological polar surface area (TPSA) is 43.2 Å². The van der Waals surface area contributed by atoms with Crippen LogP contribution in [-0.4, -0.2) is 58.3 Å². The van der Waals surface area contributed by atoms with Gasteiger partial charge < -0.3 is 14.2 Å². The van der Waals surface area contributed by atoms with Crippen molar-refractivity contribution in [1.82, 2.24) is 19.7 Å². The third-order valence-corrected chi connectivity index (χ3v) is 9.23. The second kappa shape index (κ2) is 8.57. The number of rotatable bonds is 7. The van der Waals surface area contributed by atoms with Gasteiger partial charge in [0.05, 0.1) is 0 Å². The summed E-state index contributed by atoms with van der Waals surface area (Å²) in [5, 5.41) is 10.0. The number of benzene rings is 1. The van der Waals surface area contributed by atoms with Crippen molar-refractivity contribution in [3.8, 4) is 0 Å². The Labute approximate surface area is 192 Å². The van der Waals surface area contributed by atoms with Crippen molar-refractivity contribution in [3.63, 3.8) is 0 Å². The van der Waals surface area contributed by atoms with Gasteiger partial charge in [0.1, 0.15) is 5.82 Å². The third-order valence-electron chi connectivity index (χ3n) is 7.60. The summed E-state index contributed by atoms with van der Waals surface area (Å²) in [7, 11) is 2.12. The van der Waals surface area contributed by atoms with E-state index in [-0.39, 0.29) is 0 Å². The van der Waals surface area contributed by atoms with Crippen LogP contribution in [0, 0.1) is 11.8 Å². The van der Waals surface area contributed by atoms with Crippen LogP contribution in [0.25, 0.3) is 0 Å². The molecule has 2 aliphatic heterocycles. The summed E-state index contributed by atoms with van der Waals surface area (Å²) in [4.78, 5) is 2.68. The normalized spacial score (nSPS) is 29.3. The largest absolute Gasteiger partial charge is 0.381 e. The van der Waals surface area contributed by atoms with Crippen molar-refractivity contribution >= 4 is 27.7 Å². The van der Waals surface area contributed by atoms with Gasteiger partial charge in [-0.1, -0.05) is 46.7 Å². The molecule has 2 aromatic rings. The quantitative estimate of drug-likeness (QED) is 0.422. The number of hydrogen-bond donors (Lipinski definition) is 0. The number of fused-ring (bicyclic) bond motifs is 1. The van der Waals surface area contributed by atoms with Crippen LogP contribution < -0.4 is 0 Å². The summed E-state index contributed by atoms with van der Waals surface area (Å²) in [6.07, 6.45) is 3.32. The average Bonchev–Trinajstić information content (AvgIpc) is 3.08. The first-order chi connectivity index (χ1) is 14.6. The lowest BCUT2D eigenvalue weighted by Crippen LogP contribution is -2.30. The van der Waals surface area contributed by atoms with Crippen molar-refractivity contribution in [3.05, 3.63) is 40.1 Å². The average molecular weight is 491 g/mol. The Morgan fingerprint density at radius 2 is 1.97 bits per heavy atom. The van der Waals surface area contributed by atoms with E-state index >= 15 is 0 Å². The lowest BCUT2D eigenvalue weighted by molar-refractivity contribution is 0.0828. The molecule has 1 aromatic carbocycles. The summed E-state index contributed by atoms with van der Waals surface area (Å²) in [6.45, 7) is 7.76. The molecule has 5 rings (SSSR count). The molecule has 1 aromatic heterocycles. The van der Waals surface area contributed by atoms with E-state index in [9.17, 15) is 0 Å². The molecular formula is C23H31BrN4OS. The Morgan fingerprint density at radius 3 is 2.73 bits per heavy atom. The van der Waals surface area contributed by atoms with Crippen LogP contribution in [-0.2, 0) is 17.2 Å². The maximum atomic E-state index is 5.48. The summed E-state index contributed by atoms with van der Waals surface area (Å²) in [5.41, 5.74) is 1.93. The first-order valence-corrected chi connectivity index (χ1v) is 13.0. The number of piperidine rings is 1. The summed E-state index contributed by atoms with van der Waals surface area (Å²) in [6, 6.07) is 9.04. The van der Waals surface area contributed by atoms with Gasteiger partial charge in [-0.3, -0.25) is 0 Å². The van der Waals surface area contributed by atoms with E-state index in [0.29, 0.717) is 11.3 Å². The summed E-state index contributed by atoms with van der Waals surface area (Å²) in [5.74, 6) is 4.37. The monoisotopic (exact) mass is 490 g/mol. The smallest absolute Gasteiger partial charge is 0.190 e. The first-order valence-electron chi connectivity index (χ1n) is 11.2. The molecule has 2 saturated heterocycles. The van der Waals surface area contributed by atoms with Crippen LogP contribution in [0.1, 0.15) is 43.5 Å². The molecule has 3 aliphatic rings. The van der Waals surface area contributed by atoms with E-state index < -0.39 is 0 Å². The number of likely N-dealkylation sites (tertiary alicyclic amines) is 1. The van der Waals surface area contributed by atoms with Crippen LogP contribution in [0.4, 0.5) is 0 Å². The van der Waals surface area contributed by atoms with Gasteiger partial charge >= 0.3 is 0 Å². The predicted octanol–water partition coefficient (Wildman–Crippen LogP) is 4.47. The van der Waals surface area contributed by atoms with Crippen molar-refractivity contribution < 1.29 is 4.74 Å². The van der Waals surface area contributed by atoms with Crippen LogP contribution in [0.2, 0.25) is 0 Å². The summed E-state index contributed by atoms with van der Waals surface area (Å²) >= 11 is 5.42. The maximum absolute atomic E-state index is 5.48. The Morgan fingerprint density at radius 1 is 1.20 bits per heavy atom. The van der Waals surface area contributed by atoms with Crippen LogP contribution in [0.3, 0.4) is 0 Å². The van der Waals surface area contributed by atoms with Gasteiger partial charge in [-0.25, -0.2) is 0 Å². The molecule has 5 nitrogen and oxygen atoms in total. The number of aromatic nitrogens is 3. The molecule has 0 amide bonds. The molecule has 1 saturated carbocycles.